The Balaban J connectivity index is 1.71. The van der Waals surface area contributed by atoms with Crippen LogP contribution in [0.3, 0.4) is 0 Å². The van der Waals surface area contributed by atoms with Crippen molar-refractivity contribution in [2.75, 3.05) is 18.5 Å². The zero-order valence-electron chi connectivity index (χ0n) is 19.7. The molecule has 9 nitrogen and oxygen atoms in total. The van der Waals surface area contributed by atoms with Crippen LogP contribution < -0.4 is 10.9 Å². The van der Waals surface area contributed by atoms with E-state index in [-0.39, 0.29) is 28.3 Å². The lowest BCUT2D eigenvalue weighted by Gasteiger charge is -2.29. The van der Waals surface area contributed by atoms with E-state index in [2.05, 4.69) is 21.5 Å². The van der Waals surface area contributed by atoms with Crippen LogP contribution in [0, 0.1) is 23.2 Å². The summed E-state index contributed by atoms with van der Waals surface area (Å²) >= 11 is 0. The third kappa shape index (κ3) is 3.99. The minimum absolute atomic E-state index is 0.0571. The van der Waals surface area contributed by atoms with Gasteiger partial charge in [0.2, 0.25) is 0 Å². The van der Waals surface area contributed by atoms with E-state index in [0.29, 0.717) is 42.0 Å². The second-order valence-electron chi connectivity index (χ2n) is 9.44. The highest BCUT2D eigenvalue weighted by Crippen LogP contribution is 2.34. The maximum Gasteiger partial charge on any atom is 0.261 e. The number of fused-ring (bicyclic) bond motifs is 1. The number of nitrogens with zero attached hydrogens (tertiary/aromatic N) is 3. The lowest BCUT2D eigenvalue weighted by molar-refractivity contribution is 0.0359. The smallest absolute Gasteiger partial charge is 0.261 e. The number of benzene rings is 1. The normalized spacial score (nSPS) is 19.3. The van der Waals surface area contributed by atoms with Gasteiger partial charge in [-0.1, -0.05) is 13.8 Å². The molecular weight excluding hydrogens is 454 g/mol. The molecule has 0 spiro atoms. The number of sulfone groups is 1. The summed E-state index contributed by atoms with van der Waals surface area (Å²) in [5, 5.41) is 17.7. The molecule has 2 N–H and O–H groups in total. The number of hydrogen-bond donors (Lipinski definition) is 2. The number of hydrogen-bond acceptors (Lipinski definition) is 7. The van der Waals surface area contributed by atoms with E-state index < -0.39 is 14.6 Å². The molecule has 2 atom stereocenters. The molecule has 0 aliphatic carbocycles. The molecule has 1 aromatic carbocycles. The van der Waals surface area contributed by atoms with E-state index in [1.54, 1.807) is 55.1 Å². The zero-order chi connectivity index (χ0) is 24.7. The Labute approximate surface area is 198 Å². The van der Waals surface area contributed by atoms with Gasteiger partial charge in [0.25, 0.3) is 5.56 Å². The first-order valence-electron chi connectivity index (χ1n) is 11.3. The van der Waals surface area contributed by atoms with Crippen LogP contribution in [0.1, 0.15) is 40.2 Å². The Hall–Kier alpha value is -3.16. The average molecular weight is 484 g/mol. The lowest BCUT2D eigenvalue weighted by atomic mass is 9.96. The molecule has 1 aliphatic rings. The Morgan fingerprint density at radius 2 is 1.97 bits per heavy atom. The Morgan fingerprint density at radius 3 is 2.62 bits per heavy atom. The van der Waals surface area contributed by atoms with Gasteiger partial charge in [-0.25, -0.2) is 8.42 Å². The van der Waals surface area contributed by atoms with Gasteiger partial charge < -0.3 is 15.0 Å². The molecule has 180 valence electrons. The predicted octanol–water partition coefficient (Wildman–Crippen LogP) is 3.78. The highest BCUT2D eigenvalue weighted by atomic mass is 32.2. The molecule has 3 aromatic rings. The van der Waals surface area contributed by atoms with Gasteiger partial charge in [0, 0.05) is 18.5 Å². The number of H-pyrrole nitrogens is 1. The molecule has 1 fully saturated rings. The van der Waals surface area contributed by atoms with Crippen molar-refractivity contribution in [3.05, 3.63) is 46.9 Å². The summed E-state index contributed by atoms with van der Waals surface area (Å²) in [5.41, 5.74) is 0.877. The third-order valence-electron chi connectivity index (χ3n) is 6.95. The van der Waals surface area contributed by atoms with Crippen molar-refractivity contribution >= 4 is 32.2 Å². The summed E-state index contributed by atoms with van der Waals surface area (Å²) in [7, 11) is -3.54. The van der Waals surface area contributed by atoms with Crippen molar-refractivity contribution in [2.24, 2.45) is 11.8 Å². The molecule has 1 aliphatic heterocycles. The maximum absolute atomic E-state index is 13.1. The number of pyridine rings is 1. The summed E-state index contributed by atoms with van der Waals surface area (Å²) in [6.07, 6.45) is 2.14. The summed E-state index contributed by atoms with van der Waals surface area (Å²) in [5.74, 6) is -0.00613. The van der Waals surface area contributed by atoms with E-state index in [4.69, 9.17) is 4.74 Å². The number of nitrogens with one attached hydrogen (secondary N) is 2. The van der Waals surface area contributed by atoms with Crippen molar-refractivity contribution in [2.45, 2.75) is 49.8 Å². The summed E-state index contributed by atoms with van der Waals surface area (Å²) in [6, 6.07) is 10.2. The average Bonchev–Trinajstić information content (AvgIpc) is 3.18. The van der Waals surface area contributed by atoms with E-state index >= 15 is 0 Å². The second kappa shape index (κ2) is 8.89. The topological polar surface area (TPSA) is 130 Å². The minimum Gasteiger partial charge on any atom is -0.379 e. The monoisotopic (exact) mass is 483 g/mol. The Kier molecular flexibility index (Phi) is 6.27. The van der Waals surface area contributed by atoms with Crippen molar-refractivity contribution in [1.82, 2.24) is 14.8 Å². The van der Waals surface area contributed by atoms with Crippen molar-refractivity contribution < 1.29 is 13.2 Å². The van der Waals surface area contributed by atoms with Crippen LogP contribution in [0.2, 0.25) is 0 Å². The molecule has 0 bridgehead atoms. The quantitative estimate of drug-likeness (QED) is 0.546. The van der Waals surface area contributed by atoms with E-state index in [1.165, 1.54) is 0 Å². The fourth-order valence-corrected chi connectivity index (χ4v) is 5.75. The lowest BCUT2D eigenvalue weighted by Crippen LogP contribution is -2.37. The van der Waals surface area contributed by atoms with Gasteiger partial charge in [0.05, 0.1) is 39.8 Å². The summed E-state index contributed by atoms with van der Waals surface area (Å²) in [6.45, 7) is 8.09. The number of ether oxygens (including phenoxy) is 1. The molecule has 2 aromatic heterocycles. The van der Waals surface area contributed by atoms with Gasteiger partial charge in [0.1, 0.15) is 5.39 Å². The predicted molar refractivity (Wildman–Crippen MR) is 130 cm³/mol. The fraction of sp³-hybridized carbons (Fsp3) is 0.458. The molecule has 3 heterocycles. The van der Waals surface area contributed by atoms with Gasteiger partial charge in [0.15, 0.2) is 15.7 Å². The first-order chi connectivity index (χ1) is 16.1. The van der Waals surface area contributed by atoms with Crippen molar-refractivity contribution in [3.8, 4) is 6.07 Å². The molecule has 1 saturated heterocycles. The maximum atomic E-state index is 13.1. The van der Waals surface area contributed by atoms with E-state index in [0.717, 1.165) is 0 Å². The fourth-order valence-electron chi connectivity index (χ4n) is 4.02. The standard InChI is InChI=1S/C24H29N5O4S/c1-15(2)24(3,4)34(31,32)18-7-5-17(6-8-18)27-22-21-19(9-11-26-23(21)30)29(28-22)20-14-33-12-10-16(20)13-25/h5-9,11,15-16,20H,10,12,14H2,1-4H3,(H,26,30)(H,27,28). The summed E-state index contributed by atoms with van der Waals surface area (Å²) in [4.78, 5) is 15.6. The first kappa shape index (κ1) is 24.0. The molecule has 10 heteroatoms. The molecular formula is C24H29N5O4S. The number of aromatic nitrogens is 3. The van der Waals surface area contributed by atoms with Crippen molar-refractivity contribution in [1.29, 1.82) is 5.26 Å². The molecule has 0 radical (unpaired) electrons. The Morgan fingerprint density at radius 1 is 1.26 bits per heavy atom. The van der Waals surface area contributed by atoms with Crippen LogP contribution in [0.4, 0.5) is 11.5 Å². The second-order valence-corrected chi connectivity index (χ2v) is 12.0. The van der Waals surface area contributed by atoms with Gasteiger partial charge >= 0.3 is 0 Å². The van der Waals surface area contributed by atoms with Gasteiger partial charge in [-0.05, 0) is 56.5 Å². The van der Waals surface area contributed by atoms with Crippen LogP contribution >= 0.6 is 0 Å². The Bertz CT molecular complexity index is 1400. The number of nitriles is 1. The highest BCUT2D eigenvalue weighted by molar-refractivity contribution is 7.92. The van der Waals surface area contributed by atoms with E-state index in [1.807, 2.05) is 13.8 Å². The van der Waals surface area contributed by atoms with Crippen LogP contribution in [-0.2, 0) is 14.6 Å². The SMILES string of the molecule is CC(C)C(C)(C)S(=O)(=O)c1ccc(Nc2nn(C3COCCC3C#N)c3cc[nH]c(=O)c23)cc1. The molecule has 4 rings (SSSR count). The highest BCUT2D eigenvalue weighted by Gasteiger charge is 2.38. The third-order valence-corrected chi connectivity index (χ3v) is 9.70. The largest absolute Gasteiger partial charge is 0.379 e. The molecule has 2 unspecified atom stereocenters. The van der Waals surface area contributed by atoms with Crippen LogP contribution in [0.15, 0.2) is 46.2 Å². The van der Waals surface area contributed by atoms with Crippen LogP contribution in [-0.4, -0.2) is 41.1 Å². The number of rotatable bonds is 6. The van der Waals surface area contributed by atoms with E-state index in [9.17, 15) is 18.5 Å². The van der Waals surface area contributed by atoms with Gasteiger partial charge in [-0.2, -0.15) is 10.4 Å². The van der Waals surface area contributed by atoms with Crippen LogP contribution in [0.5, 0.6) is 0 Å². The molecule has 0 saturated carbocycles. The summed E-state index contributed by atoms with van der Waals surface area (Å²) < 4.78 is 32.6. The first-order valence-corrected chi connectivity index (χ1v) is 12.7. The number of aromatic amines is 1. The van der Waals surface area contributed by atoms with Gasteiger partial charge in [-0.15, -0.1) is 0 Å². The van der Waals surface area contributed by atoms with Gasteiger partial charge in [-0.3, -0.25) is 9.48 Å². The molecule has 34 heavy (non-hydrogen) atoms. The minimum atomic E-state index is -3.54. The molecule has 0 amide bonds. The zero-order valence-corrected chi connectivity index (χ0v) is 20.5. The number of anilines is 2. The van der Waals surface area contributed by atoms with Crippen molar-refractivity contribution in [3.63, 3.8) is 0 Å². The van der Waals surface area contributed by atoms with Crippen LogP contribution in [0.25, 0.3) is 10.9 Å².